The molecule has 0 unspecified atom stereocenters. The molecule has 9 nitrogen and oxygen atoms in total. The second-order valence-corrected chi connectivity index (χ2v) is 8.71. The number of benzene rings is 2. The van der Waals surface area contributed by atoms with E-state index in [0.717, 1.165) is 37.2 Å². The molecule has 0 aliphatic rings. The molecule has 2 aromatic carbocycles. The van der Waals surface area contributed by atoms with Crippen molar-refractivity contribution in [1.29, 1.82) is 0 Å². The maximum atomic E-state index is 11.5. The second-order valence-electron chi connectivity index (χ2n) is 8.71. The van der Waals surface area contributed by atoms with Crippen LogP contribution in [0.25, 0.3) is 0 Å². The molecule has 0 saturated carbocycles. The summed E-state index contributed by atoms with van der Waals surface area (Å²) in [6, 6.07) is 14.6. The van der Waals surface area contributed by atoms with Crippen LogP contribution in [-0.4, -0.2) is 34.1 Å². The van der Waals surface area contributed by atoms with Crippen molar-refractivity contribution in [2.75, 3.05) is 23.8 Å². The number of carboxylic acids is 1. The van der Waals surface area contributed by atoms with Gasteiger partial charge in [-0.3, -0.25) is 0 Å². The quantitative estimate of drug-likeness (QED) is 0.201. The van der Waals surface area contributed by atoms with Crippen molar-refractivity contribution in [2.45, 2.75) is 65.2 Å². The van der Waals surface area contributed by atoms with Crippen LogP contribution in [0, 0.1) is 0 Å². The second kappa shape index (κ2) is 17.6. The molecule has 0 spiro atoms. The van der Waals surface area contributed by atoms with Gasteiger partial charge < -0.3 is 30.0 Å². The average Bonchev–Trinajstić information content (AvgIpc) is 2.90. The first-order valence-electron chi connectivity index (χ1n) is 13.0. The van der Waals surface area contributed by atoms with Gasteiger partial charge in [0.25, 0.3) is 0 Å². The summed E-state index contributed by atoms with van der Waals surface area (Å²) in [6.45, 7) is 5.71. The van der Waals surface area contributed by atoms with E-state index >= 15 is 0 Å². The van der Waals surface area contributed by atoms with Gasteiger partial charge in [-0.1, -0.05) is 52.4 Å². The zero-order chi connectivity index (χ0) is 26.3. The Morgan fingerprint density at radius 3 is 1.47 bits per heavy atom. The van der Waals surface area contributed by atoms with Gasteiger partial charge in [-0.25, -0.2) is 0 Å². The molecule has 0 bridgehead atoms. The van der Waals surface area contributed by atoms with Crippen molar-refractivity contribution in [1.82, 2.24) is 15.0 Å². The maximum Gasteiger partial charge on any atom is 1.00 e. The van der Waals surface area contributed by atoms with Gasteiger partial charge in [0.2, 0.25) is 11.9 Å². The number of anilines is 4. The molecule has 0 atom stereocenters. The molecule has 10 heteroatoms. The van der Waals surface area contributed by atoms with Crippen LogP contribution in [0.1, 0.15) is 75.8 Å². The summed E-state index contributed by atoms with van der Waals surface area (Å²) in [4.78, 5) is 23.7. The normalized spacial score (nSPS) is 10.4. The summed E-state index contributed by atoms with van der Waals surface area (Å²) in [5.41, 5.74) is 1.36. The molecule has 0 saturated heterocycles. The summed E-state index contributed by atoms with van der Waals surface area (Å²) in [5, 5.41) is 17.5. The SMILES string of the molecule is CCCCCCOc1ccc(Nc2nc(Nc3ccc(OCCCCCC)cc3)nc(C(=O)[O-])n2)cc1.[Na+]. The molecule has 0 radical (unpaired) electrons. The van der Waals surface area contributed by atoms with E-state index in [1.807, 2.05) is 48.5 Å². The Bertz CT molecular complexity index is 1020. The fraction of sp³-hybridized carbons (Fsp3) is 0.429. The van der Waals surface area contributed by atoms with E-state index in [1.165, 1.54) is 25.7 Å². The molecule has 2 N–H and O–H groups in total. The van der Waals surface area contributed by atoms with Crippen LogP contribution < -0.4 is 54.8 Å². The van der Waals surface area contributed by atoms with Gasteiger partial charge in [0, 0.05) is 11.4 Å². The van der Waals surface area contributed by atoms with Gasteiger partial charge in [-0.2, -0.15) is 15.0 Å². The van der Waals surface area contributed by atoms with Crippen molar-refractivity contribution < 1.29 is 48.9 Å². The number of ether oxygens (including phenoxy) is 2. The Balaban J connectivity index is 0.00000507. The Morgan fingerprint density at radius 2 is 1.11 bits per heavy atom. The fourth-order valence-electron chi connectivity index (χ4n) is 3.54. The topological polar surface area (TPSA) is 121 Å². The zero-order valence-electron chi connectivity index (χ0n) is 22.7. The Morgan fingerprint density at radius 1 is 0.684 bits per heavy atom. The molecule has 0 aliphatic carbocycles. The number of carbonyl (C=O) groups is 1. The summed E-state index contributed by atoms with van der Waals surface area (Å²) in [5.74, 6) is -0.270. The summed E-state index contributed by atoms with van der Waals surface area (Å²) >= 11 is 0. The van der Waals surface area contributed by atoms with Crippen LogP contribution in [0.3, 0.4) is 0 Å². The average molecular weight is 530 g/mol. The third-order valence-corrected chi connectivity index (χ3v) is 5.57. The van der Waals surface area contributed by atoms with Crippen LogP contribution in [0.4, 0.5) is 23.3 Å². The van der Waals surface area contributed by atoms with Crippen molar-refractivity contribution in [3.8, 4) is 11.5 Å². The first-order chi connectivity index (χ1) is 18.1. The number of hydrogen-bond donors (Lipinski definition) is 2. The molecule has 0 fully saturated rings. The van der Waals surface area contributed by atoms with Crippen LogP contribution in [0.5, 0.6) is 11.5 Å². The number of nitrogens with zero attached hydrogens (tertiary/aromatic N) is 3. The molecular weight excluding hydrogens is 493 g/mol. The Hall–Kier alpha value is -2.88. The van der Waals surface area contributed by atoms with E-state index in [9.17, 15) is 9.90 Å². The number of carboxylic acid groups (broad SMARTS) is 1. The summed E-state index contributed by atoms with van der Waals surface area (Å²) in [6.07, 6.45) is 9.16. The van der Waals surface area contributed by atoms with Crippen LogP contribution in [0.15, 0.2) is 48.5 Å². The number of nitrogens with one attached hydrogen (secondary N) is 2. The van der Waals surface area contributed by atoms with E-state index in [1.54, 1.807) is 0 Å². The third kappa shape index (κ3) is 11.2. The number of unbranched alkanes of at least 4 members (excludes halogenated alkanes) is 6. The van der Waals surface area contributed by atoms with Gasteiger partial charge in [-0.15, -0.1) is 0 Å². The maximum absolute atomic E-state index is 11.5. The molecule has 1 aromatic heterocycles. The van der Waals surface area contributed by atoms with Crippen molar-refractivity contribution in [3.63, 3.8) is 0 Å². The van der Waals surface area contributed by atoms with Gasteiger partial charge in [0.15, 0.2) is 5.82 Å². The predicted octanol–water partition coefficient (Wildman–Crippen LogP) is 2.64. The summed E-state index contributed by atoms with van der Waals surface area (Å²) in [7, 11) is 0. The van der Waals surface area contributed by atoms with Gasteiger partial charge in [-0.05, 0) is 61.4 Å². The molecule has 198 valence electrons. The molecular formula is C28H36N5NaO4. The molecule has 3 rings (SSSR count). The molecule has 3 aromatic rings. The smallest absolute Gasteiger partial charge is 0.541 e. The zero-order valence-corrected chi connectivity index (χ0v) is 24.7. The minimum Gasteiger partial charge on any atom is -0.541 e. The van der Waals surface area contributed by atoms with Crippen LogP contribution >= 0.6 is 0 Å². The van der Waals surface area contributed by atoms with Crippen molar-refractivity contribution >= 4 is 29.2 Å². The number of rotatable bonds is 17. The minimum absolute atomic E-state index is 0. The largest absolute Gasteiger partial charge is 1.00 e. The Labute approximate surface area is 247 Å². The van der Waals surface area contributed by atoms with Crippen LogP contribution in [0.2, 0.25) is 0 Å². The molecule has 0 aliphatic heterocycles. The predicted molar refractivity (Wildman–Crippen MR) is 143 cm³/mol. The standard InChI is InChI=1S/C28H37N5O4.Na/c1-3-5-7-9-19-36-23-15-11-21(12-16-23)29-27-31-25(26(34)35)32-28(33-27)30-22-13-17-24(18-14-22)37-20-10-8-6-4-2;/h11-18H,3-10,19-20H2,1-2H3,(H,34,35)(H2,29,30,31,32,33);/q;+1/p-1. The first kappa shape index (κ1) is 31.3. The van der Waals surface area contributed by atoms with Crippen molar-refractivity contribution in [2.24, 2.45) is 0 Å². The van der Waals surface area contributed by atoms with Gasteiger partial charge in [0.05, 0.1) is 13.2 Å². The monoisotopic (exact) mass is 529 g/mol. The van der Waals surface area contributed by atoms with E-state index in [4.69, 9.17) is 9.47 Å². The first-order valence-corrected chi connectivity index (χ1v) is 13.0. The number of carbonyl (C=O) groups excluding carboxylic acids is 1. The molecule has 38 heavy (non-hydrogen) atoms. The van der Waals surface area contributed by atoms with E-state index in [0.29, 0.717) is 24.6 Å². The molecule has 0 amide bonds. The van der Waals surface area contributed by atoms with Gasteiger partial charge >= 0.3 is 29.6 Å². The van der Waals surface area contributed by atoms with E-state index < -0.39 is 11.8 Å². The number of hydrogen-bond acceptors (Lipinski definition) is 9. The Kier molecular flexibility index (Phi) is 14.5. The third-order valence-electron chi connectivity index (χ3n) is 5.57. The van der Waals surface area contributed by atoms with Crippen molar-refractivity contribution in [3.05, 3.63) is 54.4 Å². The number of aromatic nitrogens is 3. The summed E-state index contributed by atoms with van der Waals surface area (Å²) < 4.78 is 11.5. The fourth-order valence-corrected chi connectivity index (χ4v) is 3.54. The van der Waals surface area contributed by atoms with Crippen LogP contribution in [-0.2, 0) is 0 Å². The molecule has 1 heterocycles. The van der Waals surface area contributed by atoms with Gasteiger partial charge in [0.1, 0.15) is 17.5 Å². The van der Waals surface area contributed by atoms with E-state index in [-0.39, 0.29) is 41.5 Å². The number of aromatic carboxylic acids is 1. The van der Waals surface area contributed by atoms with E-state index in [2.05, 4.69) is 39.4 Å². The minimum atomic E-state index is -1.49.